The molecule has 2 aliphatic heterocycles. The largest absolute Gasteiger partial charge is 0.466 e. The maximum Gasteiger partial charge on any atom is 0.325 e. The number of rotatable bonds is 6. The zero-order valence-electron chi connectivity index (χ0n) is 16.1. The van der Waals surface area contributed by atoms with Crippen molar-refractivity contribution in [3.63, 3.8) is 0 Å². The molecule has 0 radical (unpaired) electrons. The number of fused-ring (bicyclic) bond motifs is 1. The van der Waals surface area contributed by atoms with Gasteiger partial charge in [0.25, 0.3) is 5.91 Å². The summed E-state index contributed by atoms with van der Waals surface area (Å²) < 4.78 is 16.0. The molecule has 1 atom stereocenters. The molecule has 152 valence electrons. The molecule has 1 aromatic heterocycles. The summed E-state index contributed by atoms with van der Waals surface area (Å²) in [5.41, 5.74) is -0.461. The maximum atomic E-state index is 12.9. The van der Waals surface area contributed by atoms with Crippen molar-refractivity contribution < 1.29 is 28.3 Å². The van der Waals surface area contributed by atoms with Gasteiger partial charge in [-0.3, -0.25) is 14.5 Å². The molecule has 0 bridgehead atoms. The zero-order chi connectivity index (χ0) is 20.6. The number of carbonyl (C=O) groups is 3. The van der Waals surface area contributed by atoms with Crippen molar-refractivity contribution in [1.29, 1.82) is 0 Å². The first-order valence-electron chi connectivity index (χ1n) is 9.26. The number of amides is 4. The number of nitrogens with one attached hydrogen (secondary N) is 1. The van der Waals surface area contributed by atoms with Gasteiger partial charge < -0.3 is 24.1 Å². The number of nitrogens with zero attached hydrogens (tertiary/aromatic N) is 2. The van der Waals surface area contributed by atoms with E-state index in [1.54, 1.807) is 30.0 Å². The molecule has 1 unspecified atom stereocenters. The molecule has 4 amide bonds. The molecule has 1 N–H and O–H groups in total. The van der Waals surface area contributed by atoms with Gasteiger partial charge in [0.2, 0.25) is 12.7 Å². The Labute approximate surface area is 167 Å². The number of furan rings is 1. The summed E-state index contributed by atoms with van der Waals surface area (Å²) >= 11 is 0. The summed E-state index contributed by atoms with van der Waals surface area (Å²) in [4.78, 5) is 40.6. The summed E-state index contributed by atoms with van der Waals surface area (Å²) in [6.45, 7) is 3.97. The Kier molecular flexibility index (Phi) is 4.65. The number of hydrogen-bond donors (Lipinski definition) is 1. The van der Waals surface area contributed by atoms with Gasteiger partial charge in [0.1, 0.15) is 12.3 Å². The molecule has 2 aromatic rings. The molecule has 9 nitrogen and oxygen atoms in total. The number of likely N-dealkylation sites (N-methyl/N-ethyl adjacent to an activating group) is 1. The molecule has 0 aliphatic carbocycles. The third-order valence-corrected chi connectivity index (χ3v) is 5.13. The SMILES string of the molecule is CCN(Cc1ccc2c(c1)OCO2)C(=O)CN1C(=O)NC(C)(c2ccco2)C1=O. The highest BCUT2D eigenvalue weighted by molar-refractivity contribution is 6.08. The third-order valence-electron chi connectivity index (χ3n) is 5.13. The normalized spacial score (nSPS) is 20.1. The summed E-state index contributed by atoms with van der Waals surface area (Å²) in [7, 11) is 0. The first kappa shape index (κ1) is 18.9. The van der Waals surface area contributed by atoms with Gasteiger partial charge in [0.05, 0.1) is 6.26 Å². The minimum Gasteiger partial charge on any atom is -0.466 e. The quantitative estimate of drug-likeness (QED) is 0.744. The van der Waals surface area contributed by atoms with E-state index in [0.717, 1.165) is 10.5 Å². The first-order valence-corrected chi connectivity index (χ1v) is 9.26. The molecule has 2 aliphatic rings. The minimum absolute atomic E-state index is 0.176. The van der Waals surface area contributed by atoms with Gasteiger partial charge in [-0.2, -0.15) is 0 Å². The van der Waals surface area contributed by atoms with Gasteiger partial charge in [-0.25, -0.2) is 4.79 Å². The Morgan fingerprint density at radius 3 is 2.76 bits per heavy atom. The second-order valence-corrected chi connectivity index (χ2v) is 7.02. The maximum absolute atomic E-state index is 12.9. The van der Waals surface area contributed by atoms with Crippen LogP contribution < -0.4 is 14.8 Å². The highest BCUT2D eigenvalue weighted by Gasteiger charge is 2.51. The fourth-order valence-electron chi connectivity index (χ4n) is 3.44. The molecule has 9 heteroatoms. The van der Waals surface area contributed by atoms with E-state index in [4.69, 9.17) is 13.9 Å². The second-order valence-electron chi connectivity index (χ2n) is 7.02. The van der Waals surface area contributed by atoms with E-state index in [9.17, 15) is 14.4 Å². The Morgan fingerprint density at radius 2 is 2.03 bits per heavy atom. The van der Waals surface area contributed by atoms with Crippen molar-refractivity contribution in [3.05, 3.63) is 47.9 Å². The number of carbonyl (C=O) groups excluding carboxylic acids is 3. The van der Waals surface area contributed by atoms with Crippen LogP contribution in [0.15, 0.2) is 41.0 Å². The number of benzene rings is 1. The molecule has 1 saturated heterocycles. The van der Waals surface area contributed by atoms with Gasteiger partial charge in [0, 0.05) is 13.1 Å². The molecule has 1 fully saturated rings. The highest BCUT2D eigenvalue weighted by Crippen LogP contribution is 2.33. The van der Waals surface area contributed by atoms with Gasteiger partial charge in [-0.1, -0.05) is 6.07 Å². The van der Waals surface area contributed by atoms with Crippen molar-refractivity contribution in [2.24, 2.45) is 0 Å². The zero-order valence-corrected chi connectivity index (χ0v) is 16.1. The number of urea groups is 1. The summed E-state index contributed by atoms with van der Waals surface area (Å²) in [6.07, 6.45) is 1.43. The van der Waals surface area contributed by atoms with Crippen LogP contribution in [0, 0.1) is 0 Å². The van der Waals surface area contributed by atoms with Crippen LogP contribution in [-0.4, -0.2) is 47.5 Å². The van der Waals surface area contributed by atoms with Crippen molar-refractivity contribution in [2.45, 2.75) is 25.9 Å². The predicted molar refractivity (Wildman–Crippen MR) is 100.0 cm³/mol. The third kappa shape index (κ3) is 3.28. The Hall–Kier alpha value is -3.49. The Bertz CT molecular complexity index is 957. The van der Waals surface area contributed by atoms with Gasteiger partial charge >= 0.3 is 6.03 Å². The lowest BCUT2D eigenvalue weighted by Crippen LogP contribution is -2.44. The smallest absolute Gasteiger partial charge is 0.325 e. The van der Waals surface area contributed by atoms with E-state index < -0.39 is 17.5 Å². The van der Waals surface area contributed by atoms with Crippen molar-refractivity contribution in [2.75, 3.05) is 19.9 Å². The van der Waals surface area contributed by atoms with Crippen LogP contribution in [0.2, 0.25) is 0 Å². The molecular formula is C20H21N3O6. The molecule has 3 heterocycles. The number of imide groups is 1. The van der Waals surface area contributed by atoms with Crippen LogP contribution in [0.25, 0.3) is 0 Å². The lowest BCUT2D eigenvalue weighted by molar-refractivity contribution is -0.139. The minimum atomic E-state index is -1.32. The fourth-order valence-corrected chi connectivity index (χ4v) is 3.44. The highest BCUT2D eigenvalue weighted by atomic mass is 16.7. The van der Waals surface area contributed by atoms with Crippen molar-refractivity contribution in [1.82, 2.24) is 15.1 Å². The van der Waals surface area contributed by atoms with E-state index in [1.807, 2.05) is 19.1 Å². The van der Waals surface area contributed by atoms with E-state index in [-0.39, 0.29) is 19.2 Å². The lowest BCUT2D eigenvalue weighted by atomic mass is 9.99. The second kappa shape index (κ2) is 7.16. The van der Waals surface area contributed by atoms with E-state index in [2.05, 4.69) is 5.32 Å². The summed E-state index contributed by atoms with van der Waals surface area (Å²) in [6, 6.07) is 8.09. The average molecular weight is 399 g/mol. The van der Waals surface area contributed by atoms with Gasteiger partial charge in [0.15, 0.2) is 17.0 Å². The van der Waals surface area contributed by atoms with Gasteiger partial charge in [-0.15, -0.1) is 0 Å². The molecule has 0 spiro atoms. The lowest BCUT2D eigenvalue weighted by Gasteiger charge is -2.24. The standard InChI is InChI=1S/C20H21N3O6/c1-3-22(10-13-6-7-14-15(9-13)29-12-28-14)17(24)11-23-18(25)20(2,21-19(23)26)16-5-4-8-27-16/h4-9H,3,10-12H2,1-2H3,(H,21,26). The summed E-state index contributed by atoms with van der Waals surface area (Å²) in [5.74, 6) is 0.759. The van der Waals surface area contributed by atoms with Crippen LogP contribution in [0.3, 0.4) is 0 Å². The van der Waals surface area contributed by atoms with Crippen LogP contribution in [0.1, 0.15) is 25.2 Å². The monoisotopic (exact) mass is 399 g/mol. The topological polar surface area (TPSA) is 101 Å². The number of hydrogen-bond acceptors (Lipinski definition) is 6. The molecule has 0 saturated carbocycles. The van der Waals surface area contributed by atoms with E-state index in [1.165, 1.54) is 6.26 Å². The van der Waals surface area contributed by atoms with Crippen LogP contribution in [-0.2, 0) is 21.7 Å². The number of ether oxygens (including phenoxy) is 2. The van der Waals surface area contributed by atoms with Crippen molar-refractivity contribution >= 4 is 17.8 Å². The van der Waals surface area contributed by atoms with Crippen LogP contribution in [0.5, 0.6) is 11.5 Å². The first-order chi connectivity index (χ1) is 13.9. The Morgan fingerprint density at radius 1 is 1.24 bits per heavy atom. The summed E-state index contributed by atoms with van der Waals surface area (Å²) in [5, 5.41) is 2.62. The predicted octanol–water partition coefficient (Wildman–Crippen LogP) is 1.82. The molecular weight excluding hydrogens is 378 g/mol. The molecule has 4 rings (SSSR count). The van der Waals surface area contributed by atoms with Crippen LogP contribution >= 0.6 is 0 Å². The fraction of sp³-hybridized carbons (Fsp3) is 0.350. The average Bonchev–Trinajstić information content (AvgIpc) is 3.44. The van der Waals surface area contributed by atoms with Crippen LogP contribution in [0.4, 0.5) is 4.79 Å². The van der Waals surface area contributed by atoms with E-state index >= 15 is 0 Å². The van der Waals surface area contributed by atoms with Crippen molar-refractivity contribution in [3.8, 4) is 11.5 Å². The molecule has 1 aromatic carbocycles. The Balaban J connectivity index is 1.46. The van der Waals surface area contributed by atoms with Gasteiger partial charge in [-0.05, 0) is 43.7 Å². The molecule has 29 heavy (non-hydrogen) atoms. The van der Waals surface area contributed by atoms with E-state index in [0.29, 0.717) is 30.3 Å².